The lowest BCUT2D eigenvalue weighted by atomic mass is 9.46. The third-order valence-corrected chi connectivity index (χ3v) is 12.0. The van der Waals surface area contributed by atoms with Crippen LogP contribution in [0, 0.1) is 45.8 Å². The molecule has 4 saturated carbocycles. The third-order valence-electron chi connectivity index (χ3n) is 12.0. The molecule has 1 aromatic heterocycles. The number of nitrogens with zero attached hydrogens (tertiary/aromatic N) is 1. The summed E-state index contributed by atoms with van der Waals surface area (Å²) in [7, 11) is 0. The van der Waals surface area contributed by atoms with Crippen LogP contribution in [0.15, 0.2) is 24.5 Å². The van der Waals surface area contributed by atoms with E-state index in [4.69, 9.17) is 0 Å². The summed E-state index contributed by atoms with van der Waals surface area (Å²) in [4.78, 5) is 18.2. The zero-order valence-electron chi connectivity index (χ0n) is 23.3. The minimum absolute atomic E-state index is 0.0369. The average Bonchev–Trinajstić information content (AvgIpc) is 3.28. The van der Waals surface area contributed by atoms with Crippen LogP contribution in [0.3, 0.4) is 0 Å². The van der Waals surface area contributed by atoms with Crippen LogP contribution < -0.4 is 5.32 Å². The highest BCUT2D eigenvalue weighted by Crippen LogP contribution is 2.63. The molecule has 5 rings (SSSR count). The molecule has 4 heteroatoms. The van der Waals surface area contributed by atoms with Gasteiger partial charge in [-0.2, -0.15) is 0 Å². The fourth-order valence-electron chi connectivity index (χ4n) is 10.1. The zero-order chi connectivity index (χ0) is 25.6. The molecule has 0 spiro atoms. The maximum Gasteiger partial charge on any atom is 0.226 e. The summed E-state index contributed by atoms with van der Waals surface area (Å²) in [6, 6.07) is 4.00. The number of aliphatic hydroxyl groups excluding tert-OH is 1. The summed E-state index contributed by atoms with van der Waals surface area (Å²) in [5, 5.41) is 14.4. The van der Waals surface area contributed by atoms with Gasteiger partial charge in [0.1, 0.15) is 0 Å². The van der Waals surface area contributed by atoms with E-state index in [0.717, 1.165) is 37.2 Å². The van der Waals surface area contributed by atoms with Crippen LogP contribution in [0.4, 0.5) is 0 Å². The van der Waals surface area contributed by atoms with E-state index in [1.165, 1.54) is 51.4 Å². The molecule has 8 atom stereocenters. The standard InChI is InChI=1S/C32H50N2O2/c1-22-8-5-16-32(29(36)34-21-23-9-7-19-33-20-23)17-6-10-26(32)24-11-13-25(22)31(4)18-15-28(35)30(2,3)27(31)14-12-24/h7,9,19-20,22,24-28,35H,5-6,8,10-18,21H2,1-4H3,(H,34,36). The number of pyridine rings is 1. The Morgan fingerprint density at radius 2 is 1.75 bits per heavy atom. The SMILES string of the molecule is CC1CCCC2(C(=O)NCc3cccnc3)CCCC2C2CCC1C1(C)CCC(O)C(C)(C)C1CC2. The Labute approximate surface area is 219 Å². The molecule has 4 aliphatic rings. The van der Waals surface area contributed by atoms with Crippen molar-refractivity contribution in [2.45, 2.75) is 117 Å². The molecule has 1 amide bonds. The first-order chi connectivity index (χ1) is 17.2. The van der Waals surface area contributed by atoms with Crippen molar-refractivity contribution in [1.82, 2.24) is 10.3 Å². The predicted octanol–water partition coefficient (Wildman–Crippen LogP) is 6.91. The Hall–Kier alpha value is -1.42. The molecule has 4 aliphatic carbocycles. The van der Waals surface area contributed by atoms with E-state index in [-0.39, 0.29) is 16.9 Å². The van der Waals surface area contributed by atoms with Crippen molar-refractivity contribution in [3.63, 3.8) is 0 Å². The quantitative estimate of drug-likeness (QED) is 0.480. The number of nitrogens with one attached hydrogen (secondary N) is 1. The highest BCUT2D eigenvalue weighted by atomic mass is 16.3. The molecule has 0 aromatic carbocycles. The molecular weight excluding hydrogens is 444 g/mol. The second-order valence-electron chi connectivity index (χ2n) is 14.0. The lowest BCUT2D eigenvalue weighted by molar-refractivity contribution is -0.146. The second kappa shape index (κ2) is 10.0. The summed E-state index contributed by atoms with van der Waals surface area (Å²) >= 11 is 0. The number of carbonyl (C=O) groups is 1. The molecule has 0 radical (unpaired) electrons. The van der Waals surface area contributed by atoms with Gasteiger partial charge in [-0.3, -0.25) is 9.78 Å². The van der Waals surface area contributed by atoms with Crippen molar-refractivity contribution in [2.24, 2.45) is 45.8 Å². The van der Waals surface area contributed by atoms with Gasteiger partial charge in [0.05, 0.1) is 11.5 Å². The lowest BCUT2D eigenvalue weighted by Gasteiger charge is -2.59. The maximum atomic E-state index is 14.0. The van der Waals surface area contributed by atoms with Crippen LogP contribution >= 0.6 is 0 Å². The van der Waals surface area contributed by atoms with E-state index in [1.807, 2.05) is 12.3 Å². The van der Waals surface area contributed by atoms with E-state index in [1.54, 1.807) is 6.20 Å². The number of amides is 1. The summed E-state index contributed by atoms with van der Waals surface area (Å²) in [6.45, 7) is 10.4. The van der Waals surface area contributed by atoms with Gasteiger partial charge in [-0.15, -0.1) is 0 Å². The summed E-state index contributed by atoms with van der Waals surface area (Å²) in [6.07, 6.45) is 17.5. The first-order valence-electron chi connectivity index (χ1n) is 15.0. The summed E-state index contributed by atoms with van der Waals surface area (Å²) < 4.78 is 0. The van der Waals surface area contributed by atoms with E-state index in [2.05, 4.69) is 44.1 Å². The van der Waals surface area contributed by atoms with Crippen LogP contribution in [0.1, 0.15) is 110 Å². The molecule has 4 fully saturated rings. The molecular formula is C32H50N2O2. The van der Waals surface area contributed by atoms with Crippen molar-refractivity contribution < 1.29 is 9.90 Å². The Kier molecular flexibility index (Phi) is 7.31. The lowest BCUT2D eigenvalue weighted by Crippen LogP contribution is -2.55. The van der Waals surface area contributed by atoms with Crippen molar-refractivity contribution in [1.29, 1.82) is 0 Å². The van der Waals surface area contributed by atoms with Crippen molar-refractivity contribution in [3.05, 3.63) is 30.1 Å². The van der Waals surface area contributed by atoms with Gasteiger partial charge in [0, 0.05) is 18.9 Å². The van der Waals surface area contributed by atoms with Crippen LogP contribution in [0.2, 0.25) is 0 Å². The highest BCUT2D eigenvalue weighted by molar-refractivity contribution is 5.83. The van der Waals surface area contributed by atoms with Gasteiger partial charge in [0.2, 0.25) is 5.91 Å². The number of rotatable bonds is 3. The van der Waals surface area contributed by atoms with Crippen LogP contribution in [0.25, 0.3) is 0 Å². The Bertz CT molecular complexity index is 916. The minimum Gasteiger partial charge on any atom is -0.393 e. The number of aliphatic hydroxyl groups is 1. The molecule has 2 bridgehead atoms. The first-order valence-corrected chi connectivity index (χ1v) is 15.0. The monoisotopic (exact) mass is 494 g/mol. The maximum absolute atomic E-state index is 14.0. The molecule has 1 aromatic rings. The molecule has 200 valence electrons. The molecule has 1 heterocycles. The smallest absolute Gasteiger partial charge is 0.226 e. The molecule has 0 saturated heterocycles. The highest BCUT2D eigenvalue weighted by Gasteiger charge is 2.57. The van der Waals surface area contributed by atoms with Gasteiger partial charge in [-0.25, -0.2) is 0 Å². The van der Waals surface area contributed by atoms with Crippen molar-refractivity contribution in [3.8, 4) is 0 Å². The Morgan fingerprint density at radius 3 is 2.50 bits per heavy atom. The number of hydrogen-bond donors (Lipinski definition) is 2. The zero-order valence-corrected chi connectivity index (χ0v) is 23.3. The fourth-order valence-corrected chi connectivity index (χ4v) is 10.1. The van der Waals surface area contributed by atoms with E-state index in [9.17, 15) is 9.90 Å². The van der Waals surface area contributed by atoms with Crippen molar-refractivity contribution >= 4 is 5.91 Å². The normalized spacial score (nSPS) is 42.5. The van der Waals surface area contributed by atoms with Gasteiger partial charge in [0.15, 0.2) is 0 Å². The van der Waals surface area contributed by atoms with Gasteiger partial charge in [0.25, 0.3) is 0 Å². The van der Waals surface area contributed by atoms with Crippen LogP contribution in [-0.4, -0.2) is 22.1 Å². The fraction of sp³-hybridized carbons (Fsp3) is 0.812. The predicted molar refractivity (Wildman–Crippen MR) is 145 cm³/mol. The molecule has 36 heavy (non-hydrogen) atoms. The topological polar surface area (TPSA) is 62.2 Å². The van der Waals surface area contributed by atoms with E-state index >= 15 is 0 Å². The Morgan fingerprint density at radius 1 is 1.00 bits per heavy atom. The van der Waals surface area contributed by atoms with Crippen molar-refractivity contribution in [2.75, 3.05) is 0 Å². The molecule has 8 unspecified atom stereocenters. The molecule has 0 aliphatic heterocycles. The number of fused-ring (bicyclic) bond motifs is 7. The summed E-state index contributed by atoms with van der Waals surface area (Å²) in [5.74, 6) is 3.39. The van der Waals surface area contributed by atoms with Gasteiger partial charge >= 0.3 is 0 Å². The number of hydrogen-bond acceptors (Lipinski definition) is 3. The second-order valence-corrected chi connectivity index (χ2v) is 14.0. The molecule has 4 nitrogen and oxygen atoms in total. The minimum atomic E-state index is -0.205. The number of aromatic nitrogens is 1. The van der Waals surface area contributed by atoms with Gasteiger partial charge in [-0.05, 0) is 110 Å². The Balaban J connectivity index is 1.44. The summed E-state index contributed by atoms with van der Waals surface area (Å²) in [5.41, 5.74) is 1.16. The number of carbonyl (C=O) groups excluding carboxylic acids is 1. The largest absolute Gasteiger partial charge is 0.393 e. The third kappa shape index (κ3) is 4.44. The first kappa shape index (κ1) is 26.2. The van der Waals surface area contributed by atoms with Gasteiger partial charge in [-0.1, -0.05) is 53.0 Å². The van der Waals surface area contributed by atoms with Crippen LogP contribution in [0.5, 0.6) is 0 Å². The molecule has 2 N–H and O–H groups in total. The van der Waals surface area contributed by atoms with E-state index < -0.39 is 0 Å². The average molecular weight is 495 g/mol. The van der Waals surface area contributed by atoms with Crippen LogP contribution in [-0.2, 0) is 11.3 Å². The van der Waals surface area contributed by atoms with E-state index in [0.29, 0.717) is 41.5 Å². The van der Waals surface area contributed by atoms with Gasteiger partial charge < -0.3 is 10.4 Å².